The summed E-state index contributed by atoms with van der Waals surface area (Å²) in [7, 11) is -2.39. The van der Waals surface area contributed by atoms with Crippen molar-refractivity contribution < 1.29 is 13.2 Å². The second-order valence-electron chi connectivity index (χ2n) is 5.26. The van der Waals surface area contributed by atoms with Gasteiger partial charge in [0.15, 0.2) is 0 Å². The van der Waals surface area contributed by atoms with E-state index in [1.807, 2.05) is 12.1 Å². The summed E-state index contributed by atoms with van der Waals surface area (Å²) in [6.45, 7) is -0.335. The van der Waals surface area contributed by atoms with Gasteiger partial charge in [-0.15, -0.1) is 0 Å². The van der Waals surface area contributed by atoms with Crippen molar-refractivity contribution in [1.29, 1.82) is 5.26 Å². The van der Waals surface area contributed by atoms with Gasteiger partial charge < -0.3 is 5.32 Å². The summed E-state index contributed by atoms with van der Waals surface area (Å²) < 4.78 is 25.4. The van der Waals surface area contributed by atoms with E-state index in [-0.39, 0.29) is 6.54 Å². The van der Waals surface area contributed by atoms with E-state index in [4.69, 9.17) is 5.26 Å². The number of anilines is 1. The molecular formula is C18H17N3O3S. The van der Waals surface area contributed by atoms with Crippen LogP contribution in [-0.2, 0) is 14.8 Å². The molecule has 2 rings (SSSR count). The number of carbonyl (C=O) groups excluding carboxylic acids is 1. The highest BCUT2D eigenvalue weighted by molar-refractivity contribution is 7.92. The second-order valence-corrected chi connectivity index (χ2v) is 7.18. The number of sulfonamides is 1. The maximum Gasteiger partial charge on any atom is 0.239 e. The van der Waals surface area contributed by atoms with Crippen molar-refractivity contribution >= 4 is 27.7 Å². The molecular weight excluding hydrogens is 338 g/mol. The average molecular weight is 355 g/mol. The van der Waals surface area contributed by atoms with Crippen molar-refractivity contribution in [3.8, 4) is 6.07 Å². The van der Waals surface area contributed by atoms with Gasteiger partial charge in [-0.05, 0) is 29.8 Å². The number of rotatable bonds is 6. The Morgan fingerprint density at radius 1 is 1.20 bits per heavy atom. The first-order valence-corrected chi connectivity index (χ1v) is 8.90. The minimum absolute atomic E-state index is 0.335. The van der Waals surface area contributed by atoms with Crippen LogP contribution in [0, 0.1) is 11.3 Å². The third-order valence-corrected chi connectivity index (χ3v) is 4.79. The van der Waals surface area contributed by atoms with E-state index in [9.17, 15) is 13.2 Å². The molecule has 0 fully saturated rings. The number of benzene rings is 2. The molecule has 6 nitrogen and oxygen atoms in total. The van der Waals surface area contributed by atoms with Gasteiger partial charge in [-0.25, -0.2) is 8.42 Å². The summed E-state index contributed by atoms with van der Waals surface area (Å²) in [6.07, 6.45) is 1.47. The first kappa shape index (κ1) is 18.4. The van der Waals surface area contributed by atoms with Gasteiger partial charge in [0.1, 0.15) is 0 Å². The lowest BCUT2D eigenvalue weighted by molar-refractivity contribution is -0.116. The second kappa shape index (κ2) is 8.24. The Balaban J connectivity index is 1.99. The molecule has 1 N–H and O–H groups in total. The molecule has 0 aliphatic heterocycles. The zero-order valence-corrected chi connectivity index (χ0v) is 14.4. The molecule has 0 heterocycles. The molecule has 0 bridgehead atoms. The van der Waals surface area contributed by atoms with E-state index in [2.05, 4.69) is 5.32 Å². The Morgan fingerprint density at radius 2 is 1.92 bits per heavy atom. The zero-order valence-electron chi connectivity index (χ0n) is 13.6. The standard InChI is InChI=1S/C18H17N3O3S/c1-21(25(23,24)11-10-15-6-3-2-4-7-15)14-18(22)20-17-9-5-8-16(12-17)13-19/h2-12H,14H2,1H3,(H,20,22)/b11-10+. The topological polar surface area (TPSA) is 90.3 Å². The summed E-state index contributed by atoms with van der Waals surface area (Å²) in [6, 6.07) is 17.4. The SMILES string of the molecule is CN(CC(=O)Nc1cccc(C#N)c1)S(=O)(=O)/C=C/c1ccccc1. The number of likely N-dealkylation sites (N-methyl/N-ethyl adjacent to an activating group) is 1. The molecule has 0 saturated heterocycles. The van der Waals surface area contributed by atoms with Crippen LogP contribution in [0.2, 0.25) is 0 Å². The Bertz CT molecular complexity index is 916. The maximum atomic E-state index is 12.2. The molecule has 7 heteroatoms. The molecule has 2 aromatic rings. The maximum absolute atomic E-state index is 12.2. The highest BCUT2D eigenvalue weighted by Crippen LogP contribution is 2.11. The third-order valence-electron chi connectivity index (χ3n) is 3.31. The van der Waals surface area contributed by atoms with Crippen LogP contribution in [0.5, 0.6) is 0 Å². The molecule has 0 aliphatic rings. The van der Waals surface area contributed by atoms with Crippen molar-refractivity contribution in [3.63, 3.8) is 0 Å². The summed E-state index contributed by atoms with van der Waals surface area (Å²) in [5, 5.41) is 12.5. The van der Waals surface area contributed by atoms with Crippen LogP contribution in [0.3, 0.4) is 0 Å². The number of nitrogens with zero attached hydrogens (tertiary/aromatic N) is 2. The molecule has 25 heavy (non-hydrogen) atoms. The fourth-order valence-electron chi connectivity index (χ4n) is 1.99. The summed E-state index contributed by atoms with van der Waals surface area (Å²) in [5.74, 6) is -0.491. The number of nitriles is 1. The van der Waals surface area contributed by atoms with Gasteiger partial charge in [-0.1, -0.05) is 36.4 Å². The first-order valence-electron chi connectivity index (χ1n) is 7.40. The van der Waals surface area contributed by atoms with E-state index in [1.54, 1.807) is 42.5 Å². The Labute approximate surface area is 147 Å². The summed E-state index contributed by atoms with van der Waals surface area (Å²) in [5.41, 5.74) is 1.59. The van der Waals surface area contributed by atoms with Crippen molar-refractivity contribution in [2.45, 2.75) is 0 Å². The Hall–Kier alpha value is -2.95. The normalized spacial score (nSPS) is 11.4. The molecule has 1 amide bonds. The quantitative estimate of drug-likeness (QED) is 0.862. The lowest BCUT2D eigenvalue weighted by Gasteiger charge is -2.14. The molecule has 0 aromatic heterocycles. The molecule has 0 radical (unpaired) electrons. The molecule has 0 unspecified atom stereocenters. The molecule has 0 spiro atoms. The molecule has 0 saturated carbocycles. The lowest BCUT2D eigenvalue weighted by atomic mass is 10.2. The van der Waals surface area contributed by atoms with Crippen LogP contribution in [0.15, 0.2) is 60.0 Å². The molecule has 2 aromatic carbocycles. The van der Waals surface area contributed by atoms with Crippen molar-refractivity contribution in [1.82, 2.24) is 4.31 Å². The van der Waals surface area contributed by atoms with Gasteiger partial charge in [0.2, 0.25) is 15.9 Å². The van der Waals surface area contributed by atoms with Gasteiger partial charge in [0.25, 0.3) is 0 Å². The minimum atomic E-state index is -3.72. The smallest absolute Gasteiger partial charge is 0.239 e. The van der Waals surface area contributed by atoms with Crippen molar-refractivity contribution in [2.24, 2.45) is 0 Å². The fourth-order valence-corrected chi connectivity index (χ4v) is 2.83. The van der Waals surface area contributed by atoms with Crippen molar-refractivity contribution in [3.05, 3.63) is 71.1 Å². The van der Waals surface area contributed by atoms with Gasteiger partial charge in [0, 0.05) is 18.1 Å². The fraction of sp³-hybridized carbons (Fsp3) is 0.111. The minimum Gasteiger partial charge on any atom is -0.325 e. The van der Waals surface area contributed by atoms with Crippen molar-refractivity contribution in [2.75, 3.05) is 18.9 Å². The number of carbonyl (C=O) groups is 1. The highest BCUT2D eigenvalue weighted by atomic mass is 32.2. The largest absolute Gasteiger partial charge is 0.325 e. The van der Waals surface area contributed by atoms with Gasteiger partial charge in [0.05, 0.1) is 18.2 Å². The van der Waals surface area contributed by atoms with Gasteiger partial charge in [-0.2, -0.15) is 9.57 Å². The number of nitrogens with one attached hydrogen (secondary N) is 1. The molecule has 0 aliphatic carbocycles. The Kier molecular flexibility index (Phi) is 6.06. The monoisotopic (exact) mass is 355 g/mol. The highest BCUT2D eigenvalue weighted by Gasteiger charge is 2.17. The third kappa shape index (κ3) is 5.57. The van der Waals surface area contributed by atoms with E-state index in [1.165, 1.54) is 19.2 Å². The van der Waals surface area contributed by atoms with E-state index < -0.39 is 15.9 Å². The number of amides is 1. The summed E-state index contributed by atoms with van der Waals surface area (Å²) >= 11 is 0. The molecule has 0 atom stereocenters. The van der Waals surface area contributed by atoms with E-state index in [0.717, 1.165) is 15.3 Å². The van der Waals surface area contributed by atoms with Gasteiger partial charge >= 0.3 is 0 Å². The van der Waals surface area contributed by atoms with Crippen LogP contribution in [0.1, 0.15) is 11.1 Å². The summed E-state index contributed by atoms with van der Waals surface area (Å²) in [4.78, 5) is 12.0. The van der Waals surface area contributed by atoms with Crippen LogP contribution >= 0.6 is 0 Å². The number of hydrogen-bond acceptors (Lipinski definition) is 4. The first-order chi connectivity index (χ1) is 11.9. The van der Waals surface area contributed by atoms with Crippen LogP contribution in [-0.4, -0.2) is 32.2 Å². The molecule has 128 valence electrons. The number of hydrogen-bond donors (Lipinski definition) is 1. The predicted octanol–water partition coefficient (Wildman–Crippen LogP) is 2.43. The van der Waals surface area contributed by atoms with Crippen LogP contribution in [0.25, 0.3) is 6.08 Å². The van der Waals surface area contributed by atoms with E-state index in [0.29, 0.717) is 11.3 Å². The van der Waals surface area contributed by atoms with Crippen LogP contribution in [0.4, 0.5) is 5.69 Å². The zero-order chi connectivity index (χ0) is 18.3. The van der Waals surface area contributed by atoms with Gasteiger partial charge in [-0.3, -0.25) is 4.79 Å². The van der Waals surface area contributed by atoms with E-state index >= 15 is 0 Å². The average Bonchev–Trinajstić information content (AvgIpc) is 2.61. The van der Waals surface area contributed by atoms with Crippen LogP contribution < -0.4 is 5.32 Å². The Morgan fingerprint density at radius 3 is 2.60 bits per heavy atom. The predicted molar refractivity (Wildman–Crippen MR) is 96.8 cm³/mol. The lowest BCUT2D eigenvalue weighted by Crippen LogP contribution is -2.33.